The molecule has 2 aromatic rings. The molecule has 0 radical (unpaired) electrons. The molecule has 8 heteroatoms. The minimum atomic E-state index is 0.0435. The third kappa shape index (κ3) is 6.17. The molecule has 2 atom stereocenters. The van der Waals surface area contributed by atoms with Crippen LogP contribution in [-0.2, 0) is 6.54 Å². The minimum absolute atomic E-state index is 0.0435. The highest BCUT2D eigenvalue weighted by Crippen LogP contribution is 2.23. The summed E-state index contributed by atoms with van der Waals surface area (Å²) in [4.78, 5) is 28.4. The van der Waals surface area contributed by atoms with Gasteiger partial charge in [0.1, 0.15) is 5.82 Å². The summed E-state index contributed by atoms with van der Waals surface area (Å²) >= 11 is 0. The second-order valence-electron chi connectivity index (χ2n) is 9.65. The maximum Gasteiger partial charge on any atom is 0.318 e. The zero-order valence-corrected chi connectivity index (χ0v) is 20.7. The lowest BCUT2D eigenvalue weighted by Gasteiger charge is -2.44. The highest BCUT2D eigenvalue weighted by molar-refractivity contribution is 5.75. The first kappa shape index (κ1) is 24.3. The molecule has 0 bridgehead atoms. The van der Waals surface area contributed by atoms with Crippen LogP contribution in [0.25, 0.3) is 0 Å². The fourth-order valence-corrected chi connectivity index (χ4v) is 5.24. The first-order valence-electron chi connectivity index (χ1n) is 12.5. The standard InChI is InChI=1S/C26H38N6O2/c1-20-17-31(24-15-29-25(34-3)16-28-24)18-21(2)32(20)26(33)27-12-9-22-10-13-30(14-11-22)19-23-7-5-4-6-8-23/h4-8,15-16,20-22H,9-14,17-19H2,1-3H3,(H,27,33). The Hall–Kier alpha value is -2.87. The fourth-order valence-electron chi connectivity index (χ4n) is 5.24. The number of anilines is 1. The summed E-state index contributed by atoms with van der Waals surface area (Å²) in [6.07, 6.45) is 6.83. The average Bonchev–Trinajstić information content (AvgIpc) is 2.85. The summed E-state index contributed by atoms with van der Waals surface area (Å²) < 4.78 is 5.10. The monoisotopic (exact) mass is 466 g/mol. The molecule has 2 unspecified atom stereocenters. The molecule has 2 amide bonds. The molecule has 2 fully saturated rings. The van der Waals surface area contributed by atoms with Gasteiger partial charge >= 0.3 is 6.03 Å². The van der Waals surface area contributed by atoms with Crippen LogP contribution >= 0.6 is 0 Å². The molecule has 184 valence electrons. The van der Waals surface area contributed by atoms with Gasteiger partial charge in [-0.1, -0.05) is 30.3 Å². The molecule has 3 heterocycles. The molecule has 0 aliphatic carbocycles. The molecular weight excluding hydrogens is 428 g/mol. The first-order chi connectivity index (χ1) is 16.5. The lowest BCUT2D eigenvalue weighted by atomic mass is 9.93. The topological polar surface area (TPSA) is 73.8 Å². The summed E-state index contributed by atoms with van der Waals surface area (Å²) in [5.41, 5.74) is 1.38. The number of hydrogen-bond donors (Lipinski definition) is 1. The Bertz CT molecular complexity index is 889. The third-order valence-corrected chi connectivity index (χ3v) is 7.09. The fraction of sp³-hybridized carbons (Fsp3) is 0.577. The van der Waals surface area contributed by atoms with Crippen LogP contribution in [0.15, 0.2) is 42.7 Å². The quantitative estimate of drug-likeness (QED) is 0.674. The van der Waals surface area contributed by atoms with Gasteiger partial charge in [0.2, 0.25) is 5.88 Å². The van der Waals surface area contributed by atoms with E-state index in [4.69, 9.17) is 4.74 Å². The lowest BCUT2D eigenvalue weighted by molar-refractivity contribution is 0.139. The maximum atomic E-state index is 13.0. The zero-order valence-electron chi connectivity index (χ0n) is 20.7. The number of carbonyl (C=O) groups is 1. The van der Waals surface area contributed by atoms with Crippen molar-refractivity contribution in [3.8, 4) is 5.88 Å². The number of urea groups is 1. The summed E-state index contributed by atoms with van der Waals surface area (Å²) in [6, 6.07) is 10.9. The van der Waals surface area contributed by atoms with Crippen LogP contribution in [0, 0.1) is 5.92 Å². The van der Waals surface area contributed by atoms with Gasteiger partial charge in [-0.15, -0.1) is 0 Å². The minimum Gasteiger partial charge on any atom is -0.480 e. The number of rotatable bonds is 7. The van der Waals surface area contributed by atoms with Crippen LogP contribution < -0.4 is 15.0 Å². The Morgan fingerprint density at radius 2 is 1.76 bits per heavy atom. The normalized spacial score (nSPS) is 22.0. The van der Waals surface area contributed by atoms with Gasteiger partial charge in [0.15, 0.2) is 0 Å². The van der Waals surface area contributed by atoms with E-state index in [1.54, 1.807) is 19.5 Å². The van der Waals surface area contributed by atoms with Crippen LogP contribution in [-0.4, -0.2) is 77.7 Å². The van der Waals surface area contributed by atoms with Crippen LogP contribution in [0.3, 0.4) is 0 Å². The summed E-state index contributed by atoms with van der Waals surface area (Å²) in [5.74, 6) is 2.01. The van der Waals surface area contributed by atoms with E-state index in [2.05, 4.69) is 69.3 Å². The van der Waals surface area contributed by atoms with Crippen molar-refractivity contribution in [2.24, 2.45) is 5.92 Å². The van der Waals surface area contributed by atoms with E-state index in [9.17, 15) is 4.79 Å². The summed E-state index contributed by atoms with van der Waals surface area (Å²) in [5, 5.41) is 3.19. The van der Waals surface area contributed by atoms with E-state index in [1.165, 1.54) is 18.4 Å². The number of methoxy groups -OCH3 is 1. The highest BCUT2D eigenvalue weighted by Gasteiger charge is 2.33. The van der Waals surface area contributed by atoms with E-state index < -0.39 is 0 Å². The number of ether oxygens (including phenoxy) is 1. The Kier molecular flexibility index (Phi) is 8.21. The number of likely N-dealkylation sites (tertiary alicyclic amines) is 1. The lowest BCUT2D eigenvalue weighted by Crippen LogP contribution is -2.61. The SMILES string of the molecule is COc1cnc(N2CC(C)N(C(=O)NCCC3CCN(Cc4ccccc4)CC3)C(C)C2)cn1. The zero-order chi connectivity index (χ0) is 23.9. The molecule has 0 saturated carbocycles. The van der Waals surface area contributed by atoms with Crippen molar-refractivity contribution in [3.05, 3.63) is 48.3 Å². The molecular formula is C26H38N6O2. The Balaban J connectivity index is 1.18. The third-order valence-electron chi connectivity index (χ3n) is 7.09. The number of piperidine rings is 1. The molecule has 4 rings (SSSR count). The van der Waals surface area contributed by atoms with Gasteiger partial charge in [-0.3, -0.25) is 4.90 Å². The van der Waals surface area contributed by atoms with Crippen LogP contribution in [0.2, 0.25) is 0 Å². The number of nitrogens with zero attached hydrogens (tertiary/aromatic N) is 5. The van der Waals surface area contributed by atoms with Crippen molar-refractivity contribution < 1.29 is 9.53 Å². The number of carbonyl (C=O) groups excluding carboxylic acids is 1. The molecule has 1 N–H and O–H groups in total. The predicted molar refractivity (Wildman–Crippen MR) is 134 cm³/mol. The van der Waals surface area contributed by atoms with Gasteiger partial charge in [0.05, 0.1) is 19.5 Å². The van der Waals surface area contributed by atoms with E-state index >= 15 is 0 Å². The number of nitrogens with one attached hydrogen (secondary N) is 1. The van der Waals surface area contributed by atoms with Gasteiger partial charge in [-0.05, 0) is 57.7 Å². The number of aromatic nitrogens is 2. The molecule has 8 nitrogen and oxygen atoms in total. The molecule has 2 saturated heterocycles. The van der Waals surface area contributed by atoms with Gasteiger partial charge in [0.25, 0.3) is 0 Å². The van der Waals surface area contributed by atoms with Crippen molar-refractivity contribution in [3.63, 3.8) is 0 Å². The molecule has 1 aromatic heterocycles. The van der Waals surface area contributed by atoms with Gasteiger partial charge < -0.3 is 19.9 Å². The van der Waals surface area contributed by atoms with E-state index in [1.807, 2.05) is 4.90 Å². The molecule has 1 aromatic carbocycles. The second kappa shape index (κ2) is 11.5. The van der Waals surface area contributed by atoms with Crippen LogP contribution in [0.5, 0.6) is 5.88 Å². The van der Waals surface area contributed by atoms with Gasteiger partial charge in [-0.2, -0.15) is 0 Å². The van der Waals surface area contributed by atoms with E-state index in [0.29, 0.717) is 11.8 Å². The smallest absolute Gasteiger partial charge is 0.318 e. The molecule has 0 spiro atoms. The Morgan fingerprint density at radius 3 is 2.38 bits per heavy atom. The van der Waals surface area contributed by atoms with Gasteiger partial charge in [-0.25, -0.2) is 14.8 Å². The number of benzene rings is 1. The van der Waals surface area contributed by atoms with Crippen molar-refractivity contribution >= 4 is 11.8 Å². The van der Waals surface area contributed by atoms with Crippen molar-refractivity contribution in [1.29, 1.82) is 0 Å². The number of amides is 2. The largest absolute Gasteiger partial charge is 0.480 e. The average molecular weight is 467 g/mol. The number of piperazine rings is 1. The van der Waals surface area contributed by atoms with Crippen LogP contribution in [0.1, 0.15) is 38.7 Å². The van der Waals surface area contributed by atoms with Crippen LogP contribution in [0.4, 0.5) is 10.6 Å². The van der Waals surface area contributed by atoms with Crippen molar-refractivity contribution in [2.45, 2.75) is 51.7 Å². The van der Waals surface area contributed by atoms with Gasteiger partial charge in [0, 0.05) is 38.3 Å². The van der Waals surface area contributed by atoms with E-state index in [0.717, 1.165) is 51.5 Å². The Morgan fingerprint density at radius 1 is 1.06 bits per heavy atom. The molecule has 2 aliphatic heterocycles. The second-order valence-corrected chi connectivity index (χ2v) is 9.65. The maximum absolute atomic E-state index is 13.0. The predicted octanol–water partition coefficient (Wildman–Crippen LogP) is 3.40. The number of hydrogen-bond acceptors (Lipinski definition) is 6. The highest BCUT2D eigenvalue weighted by atomic mass is 16.5. The van der Waals surface area contributed by atoms with Crippen molar-refractivity contribution in [1.82, 2.24) is 25.1 Å². The summed E-state index contributed by atoms with van der Waals surface area (Å²) in [6.45, 7) is 9.72. The first-order valence-corrected chi connectivity index (χ1v) is 12.5. The molecule has 2 aliphatic rings. The van der Waals surface area contributed by atoms with Crippen molar-refractivity contribution in [2.75, 3.05) is 44.7 Å². The Labute approximate surface area is 203 Å². The molecule has 34 heavy (non-hydrogen) atoms. The van der Waals surface area contributed by atoms with E-state index in [-0.39, 0.29) is 18.1 Å². The summed E-state index contributed by atoms with van der Waals surface area (Å²) in [7, 11) is 1.58.